The molecule has 0 aliphatic heterocycles. The molecule has 7 heteroatoms. The number of hydrogen-bond donors (Lipinski definition) is 0. The van der Waals surface area contributed by atoms with Gasteiger partial charge in [0.1, 0.15) is 5.76 Å². The first kappa shape index (κ1) is 12.4. The Morgan fingerprint density at radius 2 is 2.21 bits per heavy atom. The molecule has 3 aromatic heterocycles. The molecule has 5 nitrogen and oxygen atoms in total. The van der Waals surface area contributed by atoms with Gasteiger partial charge in [0.15, 0.2) is 0 Å². The van der Waals surface area contributed by atoms with Gasteiger partial charge in [0, 0.05) is 11.3 Å². The zero-order chi connectivity index (χ0) is 13.2. The number of thiophene rings is 1. The lowest BCUT2D eigenvalue weighted by Gasteiger charge is -1.95. The molecule has 0 aliphatic carbocycles. The molecule has 0 spiro atoms. The Morgan fingerprint density at radius 3 is 2.89 bits per heavy atom. The van der Waals surface area contributed by atoms with Crippen molar-refractivity contribution in [3.8, 4) is 10.8 Å². The van der Waals surface area contributed by atoms with Crippen molar-refractivity contribution in [3.05, 3.63) is 34.5 Å². The van der Waals surface area contributed by atoms with Crippen LogP contribution in [-0.2, 0) is 5.75 Å². The highest BCUT2D eigenvalue weighted by Crippen LogP contribution is 2.29. The molecule has 0 radical (unpaired) electrons. The molecule has 98 valence electrons. The smallest absolute Gasteiger partial charge is 0.277 e. The summed E-state index contributed by atoms with van der Waals surface area (Å²) in [6.07, 6.45) is 0. The molecule has 0 amide bonds. The van der Waals surface area contributed by atoms with Crippen molar-refractivity contribution < 1.29 is 8.94 Å². The zero-order valence-electron chi connectivity index (χ0n) is 10.4. The minimum atomic E-state index is 0.559. The van der Waals surface area contributed by atoms with Gasteiger partial charge >= 0.3 is 0 Å². The number of aryl methyl sites for hydroxylation is 2. The lowest BCUT2D eigenvalue weighted by Crippen LogP contribution is -1.84. The summed E-state index contributed by atoms with van der Waals surface area (Å²) in [7, 11) is 0. The summed E-state index contributed by atoms with van der Waals surface area (Å²) in [6, 6.07) is 3.92. The molecule has 0 saturated carbocycles. The molecule has 0 N–H and O–H groups in total. The van der Waals surface area contributed by atoms with Crippen LogP contribution in [-0.4, -0.2) is 15.4 Å². The van der Waals surface area contributed by atoms with E-state index in [1.807, 2.05) is 31.4 Å². The molecular weight excluding hydrogens is 282 g/mol. The Morgan fingerprint density at radius 1 is 1.32 bits per heavy atom. The SMILES string of the molecule is Cc1noc(C)c1CSc1nnc(-c2cccs2)o1. The summed E-state index contributed by atoms with van der Waals surface area (Å²) in [5.74, 6) is 2.12. The molecule has 0 atom stereocenters. The predicted octanol–water partition coefficient (Wildman–Crippen LogP) is 3.70. The first-order valence-corrected chi connectivity index (χ1v) is 7.52. The van der Waals surface area contributed by atoms with E-state index in [0.29, 0.717) is 16.9 Å². The highest BCUT2D eigenvalue weighted by Gasteiger charge is 2.13. The van der Waals surface area contributed by atoms with Crippen molar-refractivity contribution in [1.29, 1.82) is 0 Å². The molecular formula is C12H11N3O2S2. The van der Waals surface area contributed by atoms with Gasteiger partial charge in [-0.2, -0.15) is 0 Å². The summed E-state index contributed by atoms with van der Waals surface area (Å²) < 4.78 is 10.7. The van der Waals surface area contributed by atoms with Gasteiger partial charge in [-0.05, 0) is 25.3 Å². The van der Waals surface area contributed by atoms with Crippen molar-refractivity contribution >= 4 is 23.1 Å². The highest BCUT2D eigenvalue weighted by molar-refractivity contribution is 7.98. The monoisotopic (exact) mass is 293 g/mol. The first-order valence-electron chi connectivity index (χ1n) is 5.66. The van der Waals surface area contributed by atoms with Crippen LogP contribution in [0.4, 0.5) is 0 Å². The van der Waals surface area contributed by atoms with E-state index in [1.165, 1.54) is 11.8 Å². The van der Waals surface area contributed by atoms with Crippen LogP contribution < -0.4 is 0 Å². The molecule has 0 bridgehead atoms. The van der Waals surface area contributed by atoms with Crippen LogP contribution in [0, 0.1) is 13.8 Å². The maximum atomic E-state index is 5.61. The van der Waals surface area contributed by atoms with Gasteiger partial charge in [0.05, 0.1) is 10.6 Å². The minimum Gasteiger partial charge on any atom is -0.410 e. The van der Waals surface area contributed by atoms with Gasteiger partial charge in [0.2, 0.25) is 0 Å². The highest BCUT2D eigenvalue weighted by atomic mass is 32.2. The molecule has 19 heavy (non-hydrogen) atoms. The maximum absolute atomic E-state index is 5.61. The summed E-state index contributed by atoms with van der Waals surface area (Å²) in [5.41, 5.74) is 1.99. The van der Waals surface area contributed by atoms with E-state index >= 15 is 0 Å². The fourth-order valence-electron chi connectivity index (χ4n) is 1.61. The molecule has 0 aromatic carbocycles. The number of rotatable bonds is 4. The second-order valence-electron chi connectivity index (χ2n) is 3.94. The van der Waals surface area contributed by atoms with Crippen LogP contribution in [0.1, 0.15) is 17.0 Å². The van der Waals surface area contributed by atoms with E-state index < -0.39 is 0 Å². The third-order valence-corrected chi connectivity index (χ3v) is 4.36. The van der Waals surface area contributed by atoms with Crippen LogP contribution in [0.2, 0.25) is 0 Å². The van der Waals surface area contributed by atoms with Crippen molar-refractivity contribution in [3.63, 3.8) is 0 Å². The standard InChI is InChI=1S/C12H11N3O2S2/c1-7-9(8(2)17-15-7)6-19-12-14-13-11(16-12)10-4-3-5-18-10/h3-5H,6H2,1-2H3. The van der Waals surface area contributed by atoms with Crippen molar-refractivity contribution in [2.45, 2.75) is 24.8 Å². The molecule has 3 aromatic rings. The Hall–Kier alpha value is -1.60. The van der Waals surface area contributed by atoms with Gasteiger partial charge < -0.3 is 8.94 Å². The number of thioether (sulfide) groups is 1. The molecule has 0 saturated heterocycles. The Labute approximate surface area is 118 Å². The number of aromatic nitrogens is 3. The lowest BCUT2D eigenvalue weighted by atomic mass is 10.2. The van der Waals surface area contributed by atoms with Crippen molar-refractivity contribution in [1.82, 2.24) is 15.4 Å². The zero-order valence-corrected chi connectivity index (χ0v) is 12.0. The van der Waals surface area contributed by atoms with Gasteiger partial charge in [-0.15, -0.1) is 21.5 Å². The van der Waals surface area contributed by atoms with Gasteiger partial charge in [0.25, 0.3) is 11.1 Å². The summed E-state index contributed by atoms with van der Waals surface area (Å²) in [5, 5.41) is 14.5. The quantitative estimate of drug-likeness (QED) is 0.683. The van der Waals surface area contributed by atoms with Crippen LogP contribution in [0.3, 0.4) is 0 Å². The third kappa shape index (κ3) is 2.57. The molecule has 0 aliphatic rings. The second kappa shape index (κ2) is 5.18. The summed E-state index contributed by atoms with van der Waals surface area (Å²) in [6.45, 7) is 3.83. The van der Waals surface area contributed by atoms with E-state index in [0.717, 1.165) is 21.9 Å². The van der Waals surface area contributed by atoms with Crippen LogP contribution in [0.15, 0.2) is 31.7 Å². The Kier molecular flexibility index (Phi) is 3.39. The summed E-state index contributed by atoms with van der Waals surface area (Å²) in [4.78, 5) is 0.983. The Balaban J connectivity index is 1.71. The molecule has 0 unspecified atom stereocenters. The van der Waals surface area contributed by atoms with E-state index in [4.69, 9.17) is 8.94 Å². The maximum Gasteiger partial charge on any atom is 0.277 e. The van der Waals surface area contributed by atoms with E-state index in [9.17, 15) is 0 Å². The van der Waals surface area contributed by atoms with Crippen LogP contribution in [0.25, 0.3) is 10.8 Å². The number of nitrogens with zero attached hydrogens (tertiary/aromatic N) is 3. The van der Waals surface area contributed by atoms with Gasteiger partial charge in [-0.1, -0.05) is 23.0 Å². The van der Waals surface area contributed by atoms with E-state index in [1.54, 1.807) is 11.3 Å². The average molecular weight is 293 g/mol. The van der Waals surface area contributed by atoms with Gasteiger partial charge in [-0.25, -0.2) is 0 Å². The largest absolute Gasteiger partial charge is 0.410 e. The van der Waals surface area contributed by atoms with E-state index in [-0.39, 0.29) is 0 Å². The van der Waals surface area contributed by atoms with Crippen LogP contribution in [0.5, 0.6) is 0 Å². The fourth-order valence-corrected chi connectivity index (χ4v) is 3.17. The topological polar surface area (TPSA) is 65.0 Å². The van der Waals surface area contributed by atoms with Gasteiger partial charge in [-0.3, -0.25) is 0 Å². The molecule has 0 fully saturated rings. The molecule has 3 heterocycles. The predicted molar refractivity (Wildman–Crippen MR) is 73.1 cm³/mol. The van der Waals surface area contributed by atoms with E-state index in [2.05, 4.69) is 15.4 Å². The second-order valence-corrected chi connectivity index (χ2v) is 5.82. The number of hydrogen-bond acceptors (Lipinski definition) is 7. The van der Waals surface area contributed by atoms with Crippen LogP contribution >= 0.6 is 23.1 Å². The molecule has 3 rings (SSSR count). The van der Waals surface area contributed by atoms with Crippen molar-refractivity contribution in [2.24, 2.45) is 0 Å². The third-order valence-electron chi connectivity index (χ3n) is 2.66. The summed E-state index contributed by atoms with van der Waals surface area (Å²) >= 11 is 3.07. The van der Waals surface area contributed by atoms with Crippen molar-refractivity contribution in [2.75, 3.05) is 0 Å². The average Bonchev–Trinajstić information content (AvgIpc) is 3.10. The first-order chi connectivity index (χ1) is 9.24. The fraction of sp³-hybridized carbons (Fsp3) is 0.250. The normalized spacial score (nSPS) is 11.1. The Bertz CT molecular complexity index is 654. The minimum absolute atomic E-state index is 0.559. The lowest BCUT2D eigenvalue weighted by molar-refractivity contribution is 0.392.